The molecule has 25 heavy (non-hydrogen) atoms. The largest absolute Gasteiger partial charge is 0.404 e. The molecular formula is C15H25ClF3N5O. The Bertz CT molecular complexity index is 473. The summed E-state index contributed by atoms with van der Waals surface area (Å²) in [5.74, 6) is -0.634. The summed E-state index contributed by atoms with van der Waals surface area (Å²) in [4.78, 5) is 15.9. The molecule has 3 saturated heterocycles. The van der Waals surface area contributed by atoms with Gasteiger partial charge in [-0.15, -0.1) is 11.6 Å². The lowest BCUT2D eigenvalue weighted by molar-refractivity contribution is -0.174. The molecule has 0 radical (unpaired) electrons. The fourth-order valence-electron chi connectivity index (χ4n) is 4.05. The van der Waals surface area contributed by atoms with E-state index in [-0.39, 0.29) is 11.9 Å². The molecule has 3 rings (SSSR count). The molecule has 10 heteroatoms. The van der Waals surface area contributed by atoms with Gasteiger partial charge < -0.3 is 10.2 Å². The van der Waals surface area contributed by atoms with Crippen molar-refractivity contribution in [2.45, 2.75) is 36.5 Å². The van der Waals surface area contributed by atoms with E-state index in [1.54, 1.807) is 0 Å². The van der Waals surface area contributed by atoms with Gasteiger partial charge in [-0.2, -0.15) is 13.2 Å². The Labute approximate surface area is 150 Å². The molecular weight excluding hydrogens is 359 g/mol. The predicted octanol–water partition coefficient (Wildman–Crippen LogP) is 0.145. The Morgan fingerprint density at radius 3 is 2.60 bits per heavy atom. The Hall–Kier alpha value is -0.610. The molecule has 3 heterocycles. The molecule has 4 unspecified atom stereocenters. The Morgan fingerprint density at radius 2 is 1.92 bits per heavy atom. The standard InChI is InChI=1S/C15H25ClF3N5O/c16-12-11(8-21-22-14(12)25)24-6-4-23(5-7-24)9-10-2-1-3-20-13(10)15(17,18)19/h10-13,20-21H,1-9H2,(H,22,25). The number of halogens is 4. The maximum absolute atomic E-state index is 13.2. The first-order chi connectivity index (χ1) is 11.9. The van der Waals surface area contributed by atoms with Crippen molar-refractivity contribution in [1.29, 1.82) is 0 Å². The van der Waals surface area contributed by atoms with Crippen LogP contribution in [-0.4, -0.2) is 85.2 Å². The van der Waals surface area contributed by atoms with Gasteiger partial charge in [-0.25, -0.2) is 5.43 Å². The van der Waals surface area contributed by atoms with Crippen molar-refractivity contribution in [3.05, 3.63) is 0 Å². The lowest BCUT2D eigenvalue weighted by Crippen LogP contribution is -2.64. The number of nitrogens with one attached hydrogen (secondary N) is 3. The smallest absolute Gasteiger partial charge is 0.306 e. The minimum absolute atomic E-state index is 0.0863. The van der Waals surface area contributed by atoms with E-state index in [1.165, 1.54) is 0 Å². The molecule has 6 nitrogen and oxygen atoms in total. The molecule has 4 atom stereocenters. The summed E-state index contributed by atoms with van der Waals surface area (Å²) in [6.07, 6.45) is -2.80. The maximum Gasteiger partial charge on any atom is 0.404 e. The molecule has 3 fully saturated rings. The predicted molar refractivity (Wildman–Crippen MR) is 88.2 cm³/mol. The van der Waals surface area contributed by atoms with E-state index in [1.807, 2.05) is 0 Å². The van der Waals surface area contributed by atoms with Crippen molar-refractivity contribution in [2.24, 2.45) is 5.92 Å². The summed E-state index contributed by atoms with van der Waals surface area (Å²) in [6, 6.07) is -1.49. The van der Waals surface area contributed by atoms with E-state index in [2.05, 4.69) is 26.0 Å². The molecule has 144 valence electrons. The molecule has 0 saturated carbocycles. The highest BCUT2D eigenvalue weighted by atomic mass is 35.5. The second-order valence-corrected chi connectivity index (χ2v) is 7.52. The zero-order chi connectivity index (χ0) is 18.0. The first kappa shape index (κ1) is 19.2. The van der Waals surface area contributed by atoms with Crippen LogP contribution in [0.15, 0.2) is 0 Å². The molecule has 0 bridgehead atoms. The number of carbonyl (C=O) groups excluding carboxylic acids is 1. The minimum atomic E-state index is -4.19. The molecule has 0 aromatic heterocycles. The second-order valence-electron chi connectivity index (χ2n) is 7.05. The van der Waals surface area contributed by atoms with Gasteiger partial charge in [0.15, 0.2) is 0 Å². The van der Waals surface area contributed by atoms with Crippen LogP contribution in [0.5, 0.6) is 0 Å². The lowest BCUT2D eigenvalue weighted by atomic mass is 9.89. The van der Waals surface area contributed by atoms with E-state index in [9.17, 15) is 18.0 Å². The molecule has 3 aliphatic rings. The van der Waals surface area contributed by atoms with Crippen LogP contribution in [0.1, 0.15) is 12.8 Å². The molecule has 0 spiro atoms. The number of amides is 1. The highest BCUT2D eigenvalue weighted by Gasteiger charge is 2.46. The normalized spacial score (nSPS) is 36.2. The number of piperazine rings is 1. The average molecular weight is 384 g/mol. The summed E-state index contributed by atoms with van der Waals surface area (Å²) < 4.78 is 39.5. The van der Waals surface area contributed by atoms with Crippen molar-refractivity contribution in [2.75, 3.05) is 45.8 Å². The van der Waals surface area contributed by atoms with E-state index >= 15 is 0 Å². The Morgan fingerprint density at radius 1 is 1.20 bits per heavy atom. The van der Waals surface area contributed by atoms with Crippen molar-refractivity contribution in [3.63, 3.8) is 0 Å². The number of nitrogens with zero attached hydrogens (tertiary/aromatic N) is 2. The third kappa shape index (κ3) is 4.57. The van der Waals surface area contributed by atoms with Gasteiger partial charge >= 0.3 is 6.18 Å². The summed E-state index contributed by atoms with van der Waals surface area (Å²) >= 11 is 6.19. The number of hydrazine groups is 1. The van der Waals surface area contributed by atoms with Gasteiger partial charge in [-0.1, -0.05) is 0 Å². The van der Waals surface area contributed by atoms with Crippen molar-refractivity contribution in [1.82, 2.24) is 26.0 Å². The number of alkyl halides is 4. The fraction of sp³-hybridized carbons (Fsp3) is 0.933. The van der Waals surface area contributed by atoms with E-state index in [0.717, 1.165) is 6.42 Å². The highest BCUT2D eigenvalue weighted by molar-refractivity contribution is 6.31. The first-order valence-corrected chi connectivity index (χ1v) is 9.23. The van der Waals surface area contributed by atoms with Crippen molar-refractivity contribution < 1.29 is 18.0 Å². The molecule has 0 aromatic rings. The average Bonchev–Trinajstić information content (AvgIpc) is 2.58. The van der Waals surface area contributed by atoms with Crippen LogP contribution >= 0.6 is 11.6 Å². The van der Waals surface area contributed by atoms with Crippen LogP contribution in [0.2, 0.25) is 0 Å². The zero-order valence-corrected chi connectivity index (χ0v) is 14.7. The van der Waals surface area contributed by atoms with E-state index in [0.29, 0.717) is 52.2 Å². The molecule has 3 aliphatic heterocycles. The summed E-state index contributed by atoms with van der Waals surface area (Å²) in [5.41, 5.74) is 5.35. The van der Waals surface area contributed by atoms with Gasteiger partial charge in [0.25, 0.3) is 5.91 Å². The van der Waals surface area contributed by atoms with E-state index < -0.39 is 23.5 Å². The number of rotatable bonds is 3. The van der Waals surface area contributed by atoms with Crippen molar-refractivity contribution >= 4 is 17.5 Å². The zero-order valence-electron chi connectivity index (χ0n) is 14.0. The van der Waals surface area contributed by atoms with Gasteiger partial charge in [0.2, 0.25) is 0 Å². The highest BCUT2D eigenvalue weighted by Crippen LogP contribution is 2.31. The van der Waals surface area contributed by atoms with Gasteiger partial charge in [0.1, 0.15) is 11.4 Å². The SMILES string of the molecule is O=C1NNCC(N2CCN(CC3CCCNC3C(F)(F)F)CC2)C1Cl. The topological polar surface area (TPSA) is 59.6 Å². The first-order valence-electron chi connectivity index (χ1n) is 8.79. The monoisotopic (exact) mass is 383 g/mol. The van der Waals surface area contributed by atoms with E-state index in [4.69, 9.17) is 11.6 Å². The van der Waals surface area contributed by atoms with Gasteiger partial charge in [-0.3, -0.25) is 15.1 Å². The van der Waals surface area contributed by atoms with Gasteiger partial charge in [0.05, 0.1) is 0 Å². The quantitative estimate of drug-likeness (QED) is 0.605. The molecule has 1 amide bonds. The second kappa shape index (κ2) is 7.96. The van der Waals surface area contributed by atoms with Crippen LogP contribution in [0.4, 0.5) is 13.2 Å². The molecule has 3 N–H and O–H groups in total. The lowest BCUT2D eigenvalue weighted by Gasteiger charge is -2.44. The van der Waals surface area contributed by atoms with Crippen LogP contribution in [0.25, 0.3) is 0 Å². The van der Waals surface area contributed by atoms with Crippen molar-refractivity contribution in [3.8, 4) is 0 Å². The Balaban J connectivity index is 1.51. The third-order valence-corrected chi connectivity index (χ3v) is 5.91. The number of piperidine rings is 1. The summed E-state index contributed by atoms with van der Waals surface area (Å²) in [6.45, 7) is 4.27. The maximum atomic E-state index is 13.2. The van der Waals surface area contributed by atoms with Crippen LogP contribution in [0, 0.1) is 5.92 Å². The van der Waals surface area contributed by atoms with Gasteiger partial charge in [0, 0.05) is 45.3 Å². The number of hydrogen-bond donors (Lipinski definition) is 3. The summed E-state index contributed by atoms with van der Waals surface area (Å²) in [7, 11) is 0. The fourth-order valence-corrected chi connectivity index (χ4v) is 4.35. The number of carbonyl (C=O) groups is 1. The molecule has 0 aromatic carbocycles. The Kier molecular flexibility index (Phi) is 6.10. The number of hydrogen-bond acceptors (Lipinski definition) is 5. The molecule has 0 aliphatic carbocycles. The van der Waals surface area contributed by atoms with Crippen LogP contribution in [0.3, 0.4) is 0 Å². The van der Waals surface area contributed by atoms with Gasteiger partial charge in [-0.05, 0) is 25.3 Å². The summed E-state index contributed by atoms with van der Waals surface area (Å²) in [5, 5.41) is 2.03. The minimum Gasteiger partial charge on any atom is -0.306 e. The van der Waals surface area contributed by atoms with Crippen LogP contribution < -0.4 is 16.2 Å². The van der Waals surface area contributed by atoms with Crippen LogP contribution in [-0.2, 0) is 4.79 Å². The third-order valence-electron chi connectivity index (χ3n) is 5.42.